The van der Waals surface area contributed by atoms with Crippen LogP contribution in [0.5, 0.6) is 0 Å². The summed E-state index contributed by atoms with van der Waals surface area (Å²) in [6.45, 7) is 14.8. The number of fused-ring (bicyclic) bond motifs is 2. The molecule has 1 heterocycles. The summed E-state index contributed by atoms with van der Waals surface area (Å²) in [6, 6.07) is 0. The lowest BCUT2D eigenvalue weighted by Crippen LogP contribution is -2.58. The van der Waals surface area contributed by atoms with Gasteiger partial charge in [-0.05, 0) is 54.4 Å². The maximum absolute atomic E-state index is 14.3. The molecule has 0 unspecified atom stereocenters. The van der Waals surface area contributed by atoms with Gasteiger partial charge in [-0.3, -0.25) is 19.2 Å². The smallest absolute Gasteiger partial charge is 0.306 e. The first-order chi connectivity index (χ1) is 17.1. The summed E-state index contributed by atoms with van der Waals surface area (Å²) in [5.41, 5.74) is -1.93. The van der Waals surface area contributed by atoms with Crippen LogP contribution in [0.1, 0.15) is 81.1 Å². The number of hydrogen-bond donors (Lipinski definition) is 0. The first-order valence-corrected chi connectivity index (χ1v) is 13.6. The number of epoxide rings is 1. The molecule has 206 valence electrons. The van der Waals surface area contributed by atoms with E-state index < -0.39 is 47.2 Å². The Balaban J connectivity index is 1.88. The molecule has 3 aliphatic carbocycles. The van der Waals surface area contributed by atoms with Crippen LogP contribution in [-0.4, -0.2) is 53.7 Å². The third kappa shape index (κ3) is 4.98. The Hall–Kier alpha value is -2.22. The van der Waals surface area contributed by atoms with Crippen LogP contribution in [0.25, 0.3) is 0 Å². The van der Waals surface area contributed by atoms with Crippen molar-refractivity contribution < 1.29 is 38.1 Å². The summed E-state index contributed by atoms with van der Waals surface area (Å²) in [6.07, 6.45) is 2.15. The van der Waals surface area contributed by atoms with Crippen molar-refractivity contribution in [3.8, 4) is 0 Å². The predicted octanol–water partition coefficient (Wildman–Crippen LogP) is 4.18. The van der Waals surface area contributed by atoms with Crippen molar-refractivity contribution >= 4 is 23.7 Å². The van der Waals surface area contributed by atoms with Gasteiger partial charge in [0.2, 0.25) is 5.78 Å². The molecule has 0 aromatic rings. The van der Waals surface area contributed by atoms with Gasteiger partial charge in [0.15, 0.2) is 5.60 Å². The highest BCUT2D eigenvalue weighted by Crippen LogP contribution is 2.64. The number of ether oxygens (including phenoxy) is 4. The van der Waals surface area contributed by atoms with E-state index in [2.05, 4.69) is 13.8 Å². The number of hydrogen-bond acceptors (Lipinski definition) is 8. The summed E-state index contributed by atoms with van der Waals surface area (Å²) in [5.74, 6) is -2.42. The quantitative estimate of drug-likeness (QED) is 0.303. The van der Waals surface area contributed by atoms with Crippen molar-refractivity contribution in [2.75, 3.05) is 6.61 Å². The van der Waals surface area contributed by atoms with Gasteiger partial charge in [-0.1, -0.05) is 40.7 Å². The Kier molecular flexibility index (Phi) is 7.15. The Morgan fingerprint density at radius 1 is 1.14 bits per heavy atom. The van der Waals surface area contributed by atoms with E-state index in [9.17, 15) is 19.2 Å². The third-order valence-corrected chi connectivity index (χ3v) is 9.09. The number of carbonyl (C=O) groups is 4. The van der Waals surface area contributed by atoms with Gasteiger partial charge in [0.05, 0.1) is 12.5 Å². The van der Waals surface area contributed by atoms with Crippen molar-refractivity contribution in [1.82, 2.24) is 0 Å². The largest absolute Gasteiger partial charge is 0.461 e. The molecule has 0 N–H and O–H groups in total. The molecule has 1 aliphatic heterocycles. The number of Topliss-reactive ketones (excluding diaryl/α,β-unsaturated/α-hetero) is 1. The average Bonchev–Trinajstić information content (AvgIpc) is 3.61. The Labute approximate surface area is 219 Å². The number of esters is 3. The van der Waals surface area contributed by atoms with Gasteiger partial charge in [0.25, 0.3) is 0 Å². The molecular formula is C29H42O8. The van der Waals surface area contributed by atoms with Gasteiger partial charge >= 0.3 is 17.9 Å². The van der Waals surface area contributed by atoms with Gasteiger partial charge < -0.3 is 18.9 Å². The van der Waals surface area contributed by atoms with E-state index in [0.717, 1.165) is 6.42 Å². The maximum Gasteiger partial charge on any atom is 0.306 e. The number of carbonyl (C=O) groups excluding carboxylic acids is 4. The second kappa shape index (κ2) is 9.51. The number of allylic oxidation sites excluding steroid dienone is 1. The standard InChI is InChI=1S/C29H42O8/c1-15(2)11-22(32)36-24-17(4)13-29(37-19(6)31)23(24)26(35-18(5)30)28(14-34-28)10-9-20-21(27(20,7)8)12-16(3)25(29)33/h12,15,17,20-21,23-24,26H,9-11,13-14H2,1-8H3/b16-12+/t17-,20-,21+,23+,24-,26+,28-,29+/m0/s1. The Morgan fingerprint density at radius 2 is 1.78 bits per heavy atom. The highest BCUT2D eigenvalue weighted by atomic mass is 16.6. The van der Waals surface area contributed by atoms with Crippen molar-refractivity contribution in [2.45, 2.75) is 104 Å². The van der Waals surface area contributed by atoms with Crippen LogP contribution >= 0.6 is 0 Å². The monoisotopic (exact) mass is 518 g/mol. The van der Waals surface area contributed by atoms with E-state index in [0.29, 0.717) is 24.5 Å². The molecule has 8 heteroatoms. The van der Waals surface area contributed by atoms with Crippen LogP contribution in [-0.2, 0) is 38.1 Å². The molecule has 2 saturated carbocycles. The maximum atomic E-state index is 14.3. The average molecular weight is 519 g/mol. The van der Waals surface area contributed by atoms with E-state index in [4.69, 9.17) is 18.9 Å². The zero-order chi connectivity index (χ0) is 27.5. The summed E-state index contributed by atoms with van der Waals surface area (Å²) in [7, 11) is 0. The summed E-state index contributed by atoms with van der Waals surface area (Å²) in [4.78, 5) is 52.2. The van der Waals surface area contributed by atoms with Crippen LogP contribution in [0.4, 0.5) is 0 Å². The fraction of sp³-hybridized carbons (Fsp3) is 0.793. The summed E-state index contributed by atoms with van der Waals surface area (Å²) < 4.78 is 24.0. The second-order valence-electron chi connectivity index (χ2n) is 12.8. The fourth-order valence-electron chi connectivity index (χ4n) is 7.12. The molecule has 8 nitrogen and oxygen atoms in total. The SMILES string of the molecule is CC(=O)O[C@@H]1[C@H]2[C@@H](OC(=O)CC(C)C)[C@@H](C)C[C@]2(OC(C)=O)C(=O)/C(C)=C/[C@@H]2[C@H](CC[C@]13CO3)C2(C)C. The lowest BCUT2D eigenvalue weighted by atomic mass is 9.74. The molecule has 0 aromatic heterocycles. The van der Waals surface area contributed by atoms with Gasteiger partial charge in [0.1, 0.15) is 17.8 Å². The van der Waals surface area contributed by atoms with Crippen LogP contribution in [0.15, 0.2) is 11.6 Å². The lowest BCUT2D eigenvalue weighted by molar-refractivity contribution is -0.191. The van der Waals surface area contributed by atoms with Crippen LogP contribution in [0, 0.1) is 35.0 Å². The molecule has 0 aromatic carbocycles. The molecule has 0 amide bonds. The summed E-state index contributed by atoms with van der Waals surface area (Å²) >= 11 is 0. The van der Waals surface area contributed by atoms with Crippen molar-refractivity contribution in [2.24, 2.45) is 35.0 Å². The van der Waals surface area contributed by atoms with Crippen molar-refractivity contribution in [3.63, 3.8) is 0 Å². The molecule has 4 aliphatic rings. The highest BCUT2D eigenvalue weighted by Gasteiger charge is 2.71. The molecule has 0 radical (unpaired) electrons. The van der Waals surface area contributed by atoms with Crippen LogP contribution in [0.2, 0.25) is 0 Å². The Morgan fingerprint density at radius 3 is 2.32 bits per heavy atom. The van der Waals surface area contributed by atoms with E-state index in [1.165, 1.54) is 13.8 Å². The molecule has 1 saturated heterocycles. The molecule has 4 rings (SSSR count). The van der Waals surface area contributed by atoms with Gasteiger partial charge in [0, 0.05) is 26.7 Å². The predicted molar refractivity (Wildman–Crippen MR) is 134 cm³/mol. The molecule has 1 spiro atoms. The van der Waals surface area contributed by atoms with E-state index in [-0.39, 0.29) is 41.8 Å². The third-order valence-electron chi connectivity index (χ3n) is 9.09. The highest BCUT2D eigenvalue weighted by molar-refractivity contribution is 6.03. The molecule has 0 bridgehead atoms. The second-order valence-corrected chi connectivity index (χ2v) is 12.8. The Bertz CT molecular complexity index is 1010. The first kappa shape index (κ1) is 27.8. The molecule has 3 fully saturated rings. The topological polar surface area (TPSA) is 108 Å². The van der Waals surface area contributed by atoms with Gasteiger partial charge in [-0.25, -0.2) is 0 Å². The van der Waals surface area contributed by atoms with Gasteiger partial charge in [-0.15, -0.1) is 0 Å². The lowest BCUT2D eigenvalue weighted by Gasteiger charge is -2.41. The fourth-order valence-corrected chi connectivity index (χ4v) is 7.12. The minimum atomic E-state index is -1.65. The zero-order valence-corrected chi connectivity index (χ0v) is 23.4. The van der Waals surface area contributed by atoms with E-state index in [1.807, 2.05) is 26.8 Å². The van der Waals surface area contributed by atoms with Crippen LogP contribution < -0.4 is 0 Å². The van der Waals surface area contributed by atoms with E-state index >= 15 is 0 Å². The number of ketones is 1. The molecule has 8 atom stereocenters. The van der Waals surface area contributed by atoms with Gasteiger partial charge in [-0.2, -0.15) is 0 Å². The minimum Gasteiger partial charge on any atom is -0.461 e. The molecule has 37 heavy (non-hydrogen) atoms. The van der Waals surface area contributed by atoms with E-state index in [1.54, 1.807) is 6.92 Å². The van der Waals surface area contributed by atoms with Crippen molar-refractivity contribution in [1.29, 1.82) is 0 Å². The number of rotatable bonds is 5. The minimum absolute atomic E-state index is 0.0274. The van der Waals surface area contributed by atoms with Crippen LogP contribution in [0.3, 0.4) is 0 Å². The first-order valence-electron chi connectivity index (χ1n) is 13.6. The summed E-state index contributed by atoms with van der Waals surface area (Å²) in [5, 5.41) is 0. The zero-order valence-electron chi connectivity index (χ0n) is 23.4. The molecular weight excluding hydrogens is 476 g/mol. The van der Waals surface area contributed by atoms with Crippen molar-refractivity contribution in [3.05, 3.63) is 11.6 Å². The normalized spacial score (nSPS) is 41.5.